The predicted molar refractivity (Wildman–Crippen MR) is 56.3 cm³/mol. The van der Waals surface area contributed by atoms with Gasteiger partial charge < -0.3 is 0 Å². The molecule has 0 heterocycles. The summed E-state index contributed by atoms with van der Waals surface area (Å²) in [7, 11) is 0. The summed E-state index contributed by atoms with van der Waals surface area (Å²) in [5.41, 5.74) is 0.420. The quantitative estimate of drug-likeness (QED) is 0.545. The molecular weight excluding hydrogens is 203 g/mol. The van der Waals surface area contributed by atoms with Gasteiger partial charge in [-0.3, -0.25) is 0 Å². The van der Waals surface area contributed by atoms with E-state index >= 15 is 0 Å². The molecule has 0 aromatic heterocycles. The second-order valence-corrected chi connectivity index (χ2v) is 6.64. The van der Waals surface area contributed by atoms with Crippen LogP contribution in [0.4, 0.5) is 0 Å². The van der Waals surface area contributed by atoms with E-state index in [1.807, 2.05) is 0 Å². The third-order valence-corrected chi connectivity index (χ3v) is 6.16. The Labute approximate surface area is 90.0 Å². The van der Waals surface area contributed by atoms with Crippen molar-refractivity contribution in [1.29, 1.82) is 0 Å². The topological polar surface area (TPSA) is 0 Å². The molecule has 13 heavy (non-hydrogen) atoms. The van der Waals surface area contributed by atoms with Gasteiger partial charge in [0, 0.05) is 10.8 Å². The molecule has 0 spiro atoms. The van der Waals surface area contributed by atoms with Crippen molar-refractivity contribution in [2.45, 2.75) is 43.4 Å². The van der Waals surface area contributed by atoms with Crippen LogP contribution < -0.4 is 0 Å². The molecule has 4 fully saturated rings. The van der Waals surface area contributed by atoms with E-state index in [-0.39, 0.29) is 0 Å². The molecule has 4 aliphatic rings. The SMILES string of the molecule is CC12CC3CC(C1)C(Cl)C(C3)C2Cl. The molecule has 4 saturated carbocycles. The maximum absolute atomic E-state index is 6.52. The molecule has 4 bridgehead atoms. The minimum Gasteiger partial charge on any atom is -0.122 e. The van der Waals surface area contributed by atoms with E-state index in [1.165, 1.54) is 25.7 Å². The van der Waals surface area contributed by atoms with Gasteiger partial charge >= 0.3 is 0 Å². The molecule has 6 unspecified atom stereocenters. The van der Waals surface area contributed by atoms with Crippen molar-refractivity contribution in [3.05, 3.63) is 0 Å². The lowest BCUT2D eigenvalue weighted by Crippen LogP contribution is -2.57. The van der Waals surface area contributed by atoms with E-state index in [0.717, 1.165) is 11.8 Å². The van der Waals surface area contributed by atoms with E-state index in [9.17, 15) is 0 Å². The molecule has 0 amide bonds. The first-order chi connectivity index (χ1) is 6.10. The van der Waals surface area contributed by atoms with Crippen molar-refractivity contribution in [2.75, 3.05) is 0 Å². The first-order valence-corrected chi connectivity index (χ1v) is 6.25. The smallest absolute Gasteiger partial charge is 0.0432 e. The number of halogens is 2. The lowest BCUT2D eigenvalue weighted by Gasteiger charge is -2.60. The molecule has 74 valence electrons. The highest BCUT2D eigenvalue weighted by Gasteiger charge is 2.57. The number of rotatable bonds is 0. The van der Waals surface area contributed by atoms with Gasteiger partial charge in [0.05, 0.1) is 0 Å². The summed E-state index contributed by atoms with van der Waals surface area (Å²) >= 11 is 13.0. The fourth-order valence-electron chi connectivity index (χ4n) is 4.25. The Morgan fingerprint density at radius 2 is 1.92 bits per heavy atom. The fourth-order valence-corrected chi connectivity index (χ4v) is 5.20. The molecule has 2 heteroatoms. The van der Waals surface area contributed by atoms with Crippen LogP contribution in [-0.4, -0.2) is 10.8 Å². The van der Waals surface area contributed by atoms with Gasteiger partial charge in [-0.15, -0.1) is 23.2 Å². The Morgan fingerprint density at radius 1 is 1.15 bits per heavy atom. The maximum Gasteiger partial charge on any atom is 0.0432 e. The van der Waals surface area contributed by atoms with E-state index in [1.54, 1.807) is 0 Å². The van der Waals surface area contributed by atoms with Gasteiger partial charge in [-0.1, -0.05) is 6.92 Å². The first-order valence-electron chi connectivity index (χ1n) is 5.38. The van der Waals surface area contributed by atoms with Crippen LogP contribution in [0.1, 0.15) is 32.6 Å². The average Bonchev–Trinajstić information content (AvgIpc) is 2.07. The third-order valence-electron chi connectivity index (χ3n) is 4.63. The van der Waals surface area contributed by atoms with Crippen LogP contribution >= 0.6 is 23.2 Å². The Morgan fingerprint density at radius 3 is 2.69 bits per heavy atom. The fraction of sp³-hybridized carbons (Fsp3) is 1.00. The van der Waals surface area contributed by atoms with E-state index in [4.69, 9.17) is 23.2 Å². The van der Waals surface area contributed by atoms with E-state index < -0.39 is 0 Å². The minimum atomic E-state index is 0.350. The van der Waals surface area contributed by atoms with E-state index in [0.29, 0.717) is 22.1 Å². The van der Waals surface area contributed by atoms with Gasteiger partial charge in [-0.25, -0.2) is 0 Å². The van der Waals surface area contributed by atoms with Crippen LogP contribution in [-0.2, 0) is 0 Å². The van der Waals surface area contributed by atoms with E-state index in [2.05, 4.69) is 6.92 Å². The monoisotopic (exact) mass is 218 g/mol. The lowest BCUT2D eigenvalue weighted by molar-refractivity contribution is -0.0323. The molecular formula is C11H16Cl2. The summed E-state index contributed by atoms with van der Waals surface area (Å²) in [6, 6.07) is 0. The van der Waals surface area contributed by atoms with Crippen LogP contribution in [0.3, 0.4) is 0 Å². The summed E-state index contributed by atoms with van der Waals surface area (Å²) in [5, 5.41) is 0.731. The summed E-state index contributed by atoms with van der Waals surface area (Å²) in [6.07, 6.45) is 5.32. The second-order valence-electron chi connectivity index (χ2n) is 5.67. The molecule has 6 atom stereocenters. The molecule has 0 N–H and O–H groups in total. The molecule has 0 nitrogen and oxygen atoms in total. The Bertz CT molecular complexity index is 240. The number of hydrogen-bond acceptors (Lipinski definition) is 0. The van der Waals surface area contributed by atoms with Gasteiger partial charge in [0.2, 0.25) is 0 Å². The van der Waals surface area contributed by atoms with Gasteiger partial charge in [0.15, 0.2) is 0 Å². The molecule has 0 saturated heterocycles. The molecule has 0 aromatic carbocycles. The third kappa shape index (κ3) is 1.05. The number of alkyl halides is 2. The van der Waals surface area contributed by atoms with Crippen molar-refractivity contribution in [3.63, 3.8) is 0 Å². The summed E-state index contributed by atoms with van der Waals surface area (Å²) in [6.45, 7) is 2.37. The summed E-state index contributed by atoms with van der Waals surface area (Å²) in [4.78, 5) is 0. The highest BCUT2D eigenvalue weighted by atomic mass is 35.5. The van der Waals surface area contributed by atoms with Crippen LogP contribution in [0, 0.1) is 23.2 Å². The van der Waals surface area contributed by atoms with Crippen molar-refractivity contribution >= 4 is 23.2 Å². The minimum absolute atomic E-state index is 0.350. The van der Waals surface area contributed by atoms with Gasteiger partial charge in [0.1, 0.15) is 0 Å². The molecule has 0 aliphatic heterocycles. The molecule has 4 aliphatic carbocycles. The predicted octanol–water partition coefficient (Wildman–Crippen LogP) is 3.66. The summed E-state index contributed by atoms with van der Waals surface area (Å²) < 4.78 is 0. The molecule has 4 rings (SSSR count). The average molecular weight is 219 g/mol. The lowest BCUT2D eigenvalue weighted by atomic mass is 9.50. The Hall–Kier alpha value is 0.580. The zero-order valence-corrected chi connectivity index (χ0v) is 9.48. The van der Waals surface area contributed by atoms with Crippen molar-refractivity contribution in [2.24, 2.45) is 23.2 Å². The second kappa shape index (κ2) is 2.58. The number of hydrogen-bond donors (Lipinski definition) is 0. The van der Waals surface area contributed by atoms with Crippen LogP contribution in [0.5, 0.6) is 0 Å². The maximum atomic E-state index is 6.52. The normalized spacial score (nSPS) is 64.4. The highest BCUT2D eigenvalue weighted by Crippen LogP contribution is 2.62. The van der Waals surface area contributed by atoms with Crippen molar-refractivity contribution < 1.29 is 0 Å². The molecule has 0 aromatic rings. The highest BCUT2D eigenvalue weighted by molar-refractivity contribution is 6.24. The Kier molecular flexibility index (Phi) is 1.76. The van der Waals surface area contributed by atoms with Crippen LogP contribution in [0.25, 0.3) is 0 Å². The van der Waals surface area contributed by atoms with Crippen molar-refractivity contribution in [3.8, 4) is 0 Å². The standard InChI is InChI=1S/C11H16Cl2/c1-11-4-6-2-7(5-11)9(12)8(3-6)10(11)13/h6-10H,2-5H2,1H3. The summed E-state index contributed by atoms with van der Waals surface area (Å²) in [5.74, 6) is 2.33. The largest absolute Gasteiger partial charge is 0.122 e. The Balaban J connectivity index is 1.99. The van der Waals surface area contributed by atoms with Gasteiger partial charge in [0.25, 0.3) is 0 Å². The van der Waals surface area contributed by atoms with Gasteiger partial charge in [-0.05, 0) is 48.9 Å². The first kappa shape index (κ1) is 8.85. The zero-order valence-electron chi connectivity index (χ0n) is 7.97. The van der Waals surface area contributed by atoms with Crippen molar-refractivity contribution in [1.82, 2.24) is 0 Å². The van der Waals surface area contributed by atoms with Gasteiger partial charge in [-0.2, -0.15) is 0 Å². The van der Waals surface area contributed by atoms with Crippen LogP contribution in [0.15, 0.2) is 0 Å². The zero-order chi connectivity index (χ0) is 9.22. The van der Waals surface area contributed by atoms with Crippen LogP contribution in [0.2, 0.25) is 0 Å². The molecule has 0 radical (unpaired) electrons.